The van der Waals surface area contributed by atoms with Crippen molar-refractivity contribution >= 4 is 0 Å². The molecule has 0 aromatic carbocycles. The second-order valence-electron chi connectivity index (χ2n) is 4.96. The van der Waals surface area contributed by atoms with Crippen molar-refractivity contribution in [3.05, 3.63) is 6.86 Å². The van der Waals surface area contributed by atoms with E-state index in [-0.39, 0.29) is 0 Å². The largest absolute Gasteiger partial charge is 0.344 e. The average Bonchev–Trinajstić information content (AvgIpc) is 2.34. The molecule has 0 aliphatic carbocycles. The van der Waals surface area contributed by atoms with E-state index in [1.165, 1.54) is 57.8 Å². The third-order valence-electron chi connectivity index (χ3n) is 3.35. The van der Waals surface area contributed by atoms with Crippen molar-refractivity contribution in [3.63, 3.8) is 0 Å². The lowest BCUT2D eigenvalue weighted by molar-refractivity contribution is 0.128. The minimum absolute atomic E-state index is 0.296. The molecule has 1 atom stereocenters. The van der Waals surface area contributed by atoms with Gasteiger partial charge in [0.25, 0.3) is 6.86 Å². The summed E-state index contributed by atoms with van der Waals surface area (Å²) in [5, 5.41) is 0. The van der Waals surface area contributed by atoms with Crippen molar-refractivity contribution in [2.45, 2.75) is 78.1 Å². The smallest absolute Gasteiger partial charge is 0.255 e. The van der Waals surface area contributed by atoms with Gasteiger partial charge in [-0.05, 0) is 12.3 Å². The van der Waals surface area contributed by atoms with Crippen LogP contribution in [0.4, 0.5) is 4.39 Å². The molecule has 0 heterocycles. The zero-order valence-electron chi connectivity index (χ0n) is 11.7. The predicted octanol–water partition coefficient (Wildman–Crippen LogP) is 5.65. The second kappa shape index (κ2) is 14.0. The maximum Gasteiger partial charge on any atom is 0.255 e. The van der Waals surface area contributed by atoms with Crippen LogP contribution < -0.4 is 0 Å². The summed E-state index contributed by atoms with van der Waals surface area (Å²) in [5.41, 5.74) is 0. The molecule has 0 saturated carbocycles. The molecule has 0 bridgehead atoms. The molecule has 17 heavy (non-hydrogen) atoms. The van der Waals surface area contributed by atoms with Crippen LogP contribution in [-0.2, 0) is 4.74 Å². The monoisotopic (exact) mass is 245 g/mol. The van der Waals surface area contributed by atoms with E-state index < -0.39 is 0 Å². The lowest BCUT2D eigenvalue weighted by Gasteiger charge is -2.15. The summed E-state index contributed by atoms with van der Waals surface area (Å²) in [4.78, 5) is 0. The molecule has 0 amide bonds. The Hall–Kier alpha value is -0.110. The fraction of sp³-hybridized carbons (Fsp3) is 0.933. The maximum absolute atomic E-state index is 11.6. The number of hydrogen-bond acceptors (Lipinski definition) is 1. The minimum Gasteiger partial charge on any atom is -0.344 e. The van der Waals surface area contributed by atoms with Gasteiger partial charge in [0, 0.05) is 0 Å². The number of halogens is 1. The molecule has 1 radical (unpaired) electrons. The zero-order valence-corrected chi connectivity index (χ0v) is 11.7. The van der Waals surface area contributed by atoms with Gasteiger partial charge in [0.1, 0.15) is 0 Å². The molecule has 0 aliphatic rings. The SMILES string of the molecule is CCCCCC(CCC)CCCCCO[CH]F. The Labute approximate surface area is 107 Å². The first-order chi connectivity index (χ1) is 8.35. The Kier molecular flexibility index (Phi) is 13.9. The normalized spacial score (nSPS) is 12.9. The molecule has 0 aromatic rings. The summed E-state index contributed by atoms with van der Waals surface area (Å²) in [6.45, 7) is 5.36. The molecule has 0 aromatic heterocycles. The quantitative estimate of drug-likeness (QED) is 0.381. The molecule has 2 heteroatoms. The van der Waals surface area contributed by atoms with Crippen LogP contribution >= 0.6 is 0 Å². The van der Waals surface area contributed by atoms with E-state index in [0.29, 0.717) is 13.5 Å². The van der Waals surface area contributed by atoms with Gasteiger partial charge in [-0.2, -0.15) is 0 Å². The third kappa shape index (κ3) is 12.1. The van der Waals surface area contributed by atoms with Crippen molar-refractivity contribution in [3.8, 4) is 0 Å². The number of rotatable bonds is 13. The van der Waals surface area contributed by atoms with Crippen LogP contribution in [0.25, 0.3) is 0 Å². The Morgan fingerprint density at radius 2 is 1.59 bits per heavy atom. The Bertz CT molecular complexity index is 139. The minimum atomic E-state index is 0.296. The van der Waals surface area contributed by atoms with Crippen LogP contribution in [0.2, 0.25) is 0 Å². The summed E-state index contributed by atoms with van der Waals surface area (Å²) in [6, 6.07) is 0. The van der Waals surface area contributed by atoms with Gasteiger partial charge >= 0.3 is 0 Å². The summed E-state index contributed by atoms with van der Waals surface area (Å²) < 4.78 is 16.1. The van der Waals surface area contributed by atoms with Crippen molar-refractivity contribution in [2.24, 2.45) is 5.92 Å². The molecule has 0 aliphatic heterocycles. The summed E-state index contributed by atoms with van der Waals surface area (Å²) in [5.74, 6) is 0.917. The van der Waals surface area contributed by atoms with E-state index >= 15 is 0 Å². The van der Waals surface area contributed by atoms with Crippen molar-refractivity contribution in [1.82, 2.24) is 0 Å². The molecule has 0 rings (SSSR count). The fourth-order valence-corrected chi connectivity index (χ4v) is 2.36. The van der Waals surface area contributed by atoms with Crippen LogP contribution in [0.1, 0.15) is 78.1 Å². The number of unbranched alkanes of at least 4 members (excludes halogenated alkanes) is 4. The highest BCUT2D eigenvalue weighted by Gasteiger charge is 2.06. The Morgan fingerprint density at radius 1 is 0.882 bits per heavy atom. The molecule has 1 nitrogen and oxygen atoms in total. The van der Waals surface area contributed by atoms with E-state index in [4.69, 9.17) is 0 Å². The standard InChI is InChI=1S/C15H30FO/c1-3-5-7-11-15(10-4-2)12-8-6-9-13-17-14-16/h14-15H,3-13H2,1-2H3. The topological polar surface area (TPSA) is 9.23 Å². The highest BCUT2D eigenvalue weighted by atomic mass is 19.1. The molecule has 103 valence electrons. The maximum atomic E-state index is 11.6. The zero-order chi connectivity index (χ0) is 12.8. The first-order valence-corrected chi connectivity index (χ1v) is 7.38. The number of hydrogen-bond donors (Lipinski definition) is 0. The lowest BCUT2D eigenvalue weighted by Crippen LogP contribution is -2.01. The van der Waals surface area contributed by atoms with Gasteiger partial charge in [-0.15, -0.1) is 0 Å². The van der Waals surface area contributed by atoms with E-state index in [1.54, 1.807) is 0 Å². The van der Waals surface area contributed by atoms with Crippen LogP contribution in [0, 0.1) is 12.8 Å². The highest BCUT2D eigenvalue weighted by Crippen LogP contribution is 2.22. The van der Waals surface area contributed by atoms with Gasteiger partial charge in [0.15, 0.2) is 0 Å². The van der Waals surface area contributed by atoms with Crippen LogP contribution in [0.15, 0.2) is 0 Å². The lowest BCUT2D eigenvalue weighted by atomic mass is 9.91. The van der Waals surface area contributed by atoms with Gasteiger partial charge in [-0.25, -0.2) is 4.39 Å². The van der Waals surface area contributed by atoms with Gasteiger partial charge in [-0.1, -0.05) is 71.6 Å². The fourth-order valence-electron chi connectivity index (χ4n) is 2.36. The van der Waals surface area contributed by atoms with Gasteiger partial charge < -0.3 is 4.74 Å². The van der Waals surface area contributed by atoms with Crippen LogP contribution in [0.3, 0.4) is 0 Å². The van der Waals surface area contributed by atoms with Crippen LogP contribution in [0.5, 0.6) is 0 Å². The molecular formula is C15H30FO. The van der Waals surface area contributed by atoms with Crippen LogP contribution in [-0.4, -0.2) is 6.61 Å². The first-order valence-electron chi connectivity index (χ1n) is 7.38. The molecule has 0 N–H and O–H groups in total. The van der Waals surface area contributed by atoms with Gasteiger partial charge in [0.05, 0.1) is 6.61 Å². The molecule has 0 fully saturated rings. The van der Waals surface area contributed by atoms with E-state index in [1.807, 2.05) is 0 Å². The number of ether oxygens (including phenoxy) is 1. The summed E-state index contributed by atoms with van der Waals surface area (Å²) in [7, 11) is 0. The second-order valence-corrected chi connectivity index (χ2v) is 4.96. The van der Waals surface area contributed by atoms with E-state index in [2.05, 4.69) is 18.6 Å². The van der Waals surface area contributed by atoms with Crippen molar-refractivity contribution in [1.29, 1.82) is 0 Å². The van der Waals surface area contributed by atoms with Gasteiger partial charge in [-0.3, -0.25) is 0 Å². The average molecular weight is 245 g/mol. The molecule has 0 spiro atoms. The van der Waals surface area contributed by atoms with Crippen molar-refractivity contribution < 1.29 is 9.13 Å². The van der Waals surface area contributed by atoms with E-state index in [0.717, 1.165) is 12.3 Å². The molecule has 0 saturated heterocycles. The molecular weight excluding hydrogens is 215 g/mol. The first kappa shape index (κ1) is 16.9. The summed E-state index contributed by atoms with van der Waals surface area (Å²) >= 11 is 0. The third-order valence-corrected chi connectivity index (χ3v) is 3.35. The summed E-state index contributed by atoms with van der Waals surface area (Å²) in [6.07, 6.45) is 12.9. The van der Waals surface area contributed by atoms with Crippen molar-refractivity contribution in [2.75, 3.05) is 6.61 Å². The Balaban J connectivity index is 3.41. The van der Waals surface area contributed by atoms with E-state index in [9.17, 15) is 4.39 Å². The Morgan fingerprint density at radius 3 is 2.18 bits per heavy atom. The molecule has 1 unspecified atom stereocenters. The highest BCUT2D eigenvalue weighted by molar-refractivity contribution is 4.60. The van der Waals surface area contributed by atoms with Gasteiger partial charge in [0.2, 0.25) is 0 Å². The predicted molar refractivity (Wildman–Crippen MR) is 72.4 cm³/mol.